The molecule has 1 fully saturated rings. The standard InChI is InChI=1S/C14H17ClN2O3/c1-10-3-2-8-16(10)14(20)17(9-13(18)19)12-6-4-11(15)5-7-12/h4-7,10H,2-3,8-9H2,1H3,(H,18,19). The van der Waals surface area contributed by atoms with Gasteiger partial charge in [-0.05, 0) is 44.0 Å². The van der Waals surface area contributed by atoms with E-state index in [0.29, 0.717) is 17.3 Å². The van der Waals surface area contributed by atoms with E-state index in [1.807, 2.05) is 6.92 Å². The first-order valence-electron chi connectivity index (χ1n) is 6.54. The van der Waals surface area contributed by atoms with E-state index >= 15 is 0 Å². The number of carboxylic acid groups (broad SMARTS) is 1. The fourth-order valence-corrected chi connectivity index (χ4v) is 2.52. The molecule has 1 aromatic rings. The van der Waals surface area contributed by atoms with E-state index in [4.69, 9.17) is 16.7 Å². The number of hydrogen-bond acceptors (Lipinski definition) is 2. The Balaban J connectivity index is 2.24. The van der Waals surface area contributed by atoms with Crippen LogP contribution in [-0.4, -0.2) is 41.1 Å². The highest BCUT2D eigenvalue weighted by atomic mass is 35.5. The third-order valence-electron chi connectivity index (χ3n) is 3.46. The summed E-state index contributed by atoms with van der Waals surface area (Å²) in [6, 6.07) is 6.48. The number of nitrogens with zero attached hydrogens (tertiary/aromatic N) is 2. The second-order valence-corrected chi connectivity index (χ2v) is 5.36. The molecular weight excluding hydrogens is 280 g/mol. The first-order valence-corrected chi connectivity index (χ1v) is 6.92. The molecule has 1 aromatic carbocycles. The second kappa shape index (κ2) is 6.13. The van der Waals surface area contributed by atoms with Crippen molar-refractivity contribution in [3.63, 3.8) is 0 Å². The van der Waals surface area contributed by atoms with Crippen LogP contribution in [0, 0.1) is 0 Å². The zero-order valence-electron chi connectivity index (χ0n) is 11.3. The van der Waals surface area contributed by atoms with Crippen LogP contribution in [0.1, 0.15) is 19.8 Å². The predicted molar refractivity (Wildman–Crippen MR) is 77.2 cm³/mol. The lowest BCUT2D eigenvalue weighted by Gasteiger charge is -2.29. The number of benzene rings is 1. The summed E-state index contributed by atoms with van der Waals surface area (Å²) in [5, 5.41) is 9.57. The Hall–Kier alpha value is -1.75. The fraction of sp³-hybridized carbons (Fsp3) is 0.429. The monoisotopic (exact) mass is 296 g/mol. The molecule has 108 valence electrons. The van der Waals surface area contributed by atoms with E-state index in [1.54, 1.807) is 29.2 Å². The molecule has 6 heteroatoms. The van der Waals surface area contributed by atoms with E-state index in [9.17, 15) is 9.59 Å². The van der Waals surface area contributed by atoms with Crippen molar-refractivity contribution in [3.8, 4) is 0 Å². The van der Waals surface area contributed by atoms with Gasteiger partial charge in [0.2, 0.25) is 0 Å². The van der Waals surface area contributed by atoms with Crippen LogP contribution >= 0.6 is 11.6 Å². The average molecular weight is 297 g/mol. The number of hydrogen-bond donors (Lipinski definition) is 1. The molecule has 1 heterocycles. The maximum atomic E-state index is 12.5. The molecule has 20 heavy (non-hydrogen) atoms. The molecule has 0 radical (unpaired) electrons. The van der Waals surface area contributed by atoms with Crippen LogP contribution in [-0.2, 0) is 4.79 Å². The number of carbonyl (C=O) groups is 2. The van der Waals surface area contributed by atoms with Gasteiger partial charge in [-0.1, -0.05) is 11.6 Å². The van der Waals surface area contributed by atoms with Crippen LogP contribution < -0.4 is 4.90 Å². The fourth-order valence-electron chi connectivity index (χ4n) is 2.40. The molecule has 0 bridgehead atoms. The minimum absolute atomic E-state index is 0.145. The number of carbonyl (C=O) groups excluding carboxylic acids is 1. The van der Waals surface area contributed by atoms with Gasteiger partial charge in [0.1, 0.15) is 6.54 Å². The summed E-state index contributed by atoms with van der Waals surface area (Å²) in [6.07, 6.45) is 1.90. The minimum atomic E-state index is -1.04. The Labute approximate surface area is 122 Å². The highest BCUT2D eigenvalue weighted by Crippen LogP contribution is 2.23. The summed E-state index contributed by atoms with van der Waals surface area (Å²) in [6.45, 7) is 2.29. The molecule has 0 aromatic heterocycles. The summed E-state index contributed by atoms with van der Waals surface area (Å²) >= 11 is 5.82. The lowest BCUT2D eigenvalue weighted by molar-refractivity contribution is -0.135. The maximum Gasteiger partial charge on any atom is 0.325 e. The van der Waals surface area contributed by atoms with Crippen LogP contribution in [0.5, 0.6) is 0 Å². The van der Waals surface area contributed by atoms with Crippen LogP contribution in [0.4, 0.5) is 10.5 Å². The van der Waals surface area contributed by atoms with Crippen molar-refractivity contribution in [1.82, 2.24) is 4.90 Å². The number of amides is 2. The maximum absolute atomic E-state index is 12.5. The summed E-state index contributed by atoms with van der Waals surface area (Å²) < 4.78 is 0. The Morgan fingerprint density at radius 1 is 1.40 bits per heavy atom. The lowest BCUT2D eigenvalue weighted by atomic mass is 10.2. The number of urea groups is 1. The topological polar surface area (TPSA) is 60.9 Å². The van der Waals surface area contributed by atoms with Gasteiger partial charge in [0.25, 0.3) is 0 Å². The van der Waals surface area contributed by atoms with Gasteiger partial charge in [-0.25, -0.2) is 4.79 Å². The highest BCUT2D eigenvalue weighted by molar-refractivity contribution is 6.30. The van der Waals surface area contributed by atoms with Crippen molar-refractivity contribution in [3.05, 3.63) is 29.3 Å². The Bertz CT molecular complexity index is 504. The summed E-state index contributed by atoms with van der Waals surface area (Å²) in [5.74, 6) is -1.04. The molecule has 0 saturated carbocycles. The highest BCUT2D eigenvalue weighted by Gasteiger charge is 2.30. The number of aliphatic carboxylic acids is 1. The van der Waals surface area contributed by atoms with Gasteiger partial charge < -0.3 is 10.0 Å². The average Bonchev–Trinajstić information content (AvgIpc) is 2.82. The predicted octanol–water partition coefficient (Wildman–Crippen LogP) is 2.84. The van der Waals surface area contributed by atoms with Gasteiger partial charge in [-0.3, -0.25) is 9.69 Å². The SMILES string of the molecule is CC1CCCN1C(=O)N(CC(=O)O)c1ccc(Cl)cc1. The van der Waals surface area contributed by atoms with Gasteiger partial charge in [0.15, 0.2) is 0 Å². The number of likely N-dealkylation sites (tertiary alicyclic amines) is 1. The quantitative estimate of drug-likeness (QED) is 0.933. The molecule has 5 nitrogen and oxygen atoms in total. The molecular formula is C14H17ClN2O3. The normalized spacial score (nSPS) is 18.1. The van der Waals surface area contributed by atoms with Crippen molar-refractivity contribution in [2.45, 2.75) is 25.8 Å². The number of rotatable bonds is 3. The Morgan fingerprint density at radius 2 is 2.05 bits per heavy atom. The number of anilines is 1. The van der Waals surface area contributed by atoms with Crippen LogP contribution in [0.3, 0.4) is 0 Å². The molecule has 0 aliphatic carbocycles. The lowest BCUT2D eigenvalue weighted by Crippen LogP contribution is -2.46. The molecule has 2 rings (SSSR count). The molecule has 1 aliphatic rings. The van der Waals surface area contributed by atoms with E-state index in [0.717, 1.165) is 12.8 Å². The van der Waals surface area contributed by atoms with Crippen LogP contribution in [0.15, 0.2) is 24.3 Å². The smallest absolute Gasteiger partial charge is 0.325 e. The summed E-state index contributed by atoms with van der Waals surface area (Å²) in [4.78, 5) is 26.5. The zero-order chi connectivity index (χ0) is 14.7. The summed E-state index contributed by atoms with van der Waals surface area (Å²) in [5.41, 5.74) is 0.543. The molecule has 1 aliphatic heterocycles. The van der Waals surface area contributed by atoms with Crippen molar-refractivity contribution < 1.29 is 14.7 Å². The molecule has 0 spiro atoms. The minimum Gasteiger partial charge on any atom is -0.480 e. The van der Waals surface area contributed by atoms with Gasteiger partial charge in [-0.15, -0.1) is 0 Å². The van der Waals surface area contributed by atoms with E-state index < -0.39 is 5.97 Å². The van der Waals surface area contributed by atoms with Crippen molar-refractivity contribution >= 4 is 29.3 Å². The van der Waals surface area contributed by atoms with E-state index in [-0.39, 0.29) is 18.6 Å². The number of halogens is 1. The van der Waals surface area contributed by atoms with Crippen LogP contribution in [0.2, 0.25) is 5.02 Å². The number of carboxylic acids is 1. The molecule has 1 saturated heterocycles. The van der Waals surface area contributed by atoms with Crippen molar-refractivity contribution in [2.75, 3.05) is 18.0 Å². The molecule has 2 amide bonds. The second-order valence-electron chi connectivity index (χ2n) is 4.92. The first kappa shape index (κ1) is 14.7. The van der Waals surface area contributed by atoms with Gasteiger partial charge in [0.05, 0.1) is 0 Å². The third kappa shape index (κ3) is 3.22. The largest absolute Gasteiger partial charge is 0.480 e. The zero-order valence-corrected chi connectivity index (χ0v) is 12.0. The van der Waals surface area contributed by atoms with Crippen molar-refractivity contribution in [1.29, 1.82) is 0 Å². The van der Waals surface area contributed by atoms with Crippen molar-refractivity contribution in [2.24, 2.45) is 0 Å². The Morgan fingerprint density at radius 3 is 2.55 bits per heavy atom. The third-order valence-corrected chi connectivity index (χ3v) is 3.71. The van der Waals surface area contributed by atoms with Gasteiger partial charge in [0, 0.05) is 23.3 Å². The molecule has 1 atom stereocenters. The van der Waals surface area contributed by atoms with Gasteiger partial charge >= 0.3 is 12.0 Å². The molecule has 1 N–H and O–H groups in total. The Kier molecular flexibility index (Phi) is 4.49. The van der Waals surface area contributed by atoms with Crippen LogP contribution in [0.25, 0.3) is 0 Å². The first-order chi connectivity index (χ1) is 9.49. The summed E-state index contributed by atoms with van der Waals surface area (Å²) in [7, 11) is 0. The molecule has 1 unspecified atom stereocenters. The van der Waals surface area contributed by atoms with E-state index in [1.165, 1.54) is 4.90 Å². The van der Waals surface area contributed by atoms with Gasteiger partial charge in [-0.2, -0.15) is 0 Å². The van der Waals surface area contributed by atoms with E-state index in [2.05, 4.69) is 0 Å².